The molecule has 9 heteroatoms. The lowest BCUT2D eigenvalue weighted by Gasteiger charge is -2.15. The Balaban J connectivity index is 2.02. The van der Waals surface area contributed by atoms with Gasteiger partial charge in [-0.25, -0.2) is 0 Å². The van der Waals surface area contributed by atoms with E-state index in [1.807, 2.05) is 6.92 Å². The average Bonchev–Trinajstić information content (AvgIpc) is 3.00. The van der Waals surface area contributed by atoms with Gasteiger partial charge >= 0.3 is 6.18 Å². The number of amides is 2. The van der Waals surface area contributed by atoms with Crippen LogP contribution in [0.5, 0.6) is 5.75 Å². The number of para-hydroxylation sites is 1. The van der Waals surface area contributed by atoms with Crippen LogP contribution in [0.25, 0.3) is 5.57 Å². The Morgan fingerprint density at radius 3 is 2.47 bits per heavy atom. The van der Waals surface area contributed by atoms with Gasteiger partial charge in [0.2, 0.25) is 0 Å². The van der Waals surface area contributed by atoms with Crippen LogP contribution in [0.15, 0.2) is 54.2 Å². The summed E-state index contributed by atoms with van der Waals surface area (Å²) in [7, 11) is 1.43. The zero-order valence-corrected chi connectivity index (χ0v) is 17.7. The summed E-state index contributed by atoms with van der Waals surface area (Å²) in [4.78, 5) is 27.4. The lowest BCUT2D eigenvalue weighted by Crippen LogP contribution is -2.34. The van der Waals surface area contributed by atoms with Crippen molar-refractivity contribution in [3.63, 3.8) is 0 Å². The van der Waals surface area contributed by atoms with E-state index in [0.717, 1.165) is 17.0 Å². The second-order valence-electron chi connectivity index (χ2n) is 6.97. The number of halogens is 3. The fraction of sp³-hybridized carbons (Fsp3) is 0.304. The third-order valence-corrected chi connectivity index (χ3v) is 4.88. The summed E-state index contributed by atoms with van der Waals surface area (Å²) in [5, 5.41) is 2.75. The fourth-order valence-electron chi connectivity index (χ4n) is 3.38. The van der Waals surface area contributed by atoms with Crippen LogP contribution in [-0.4, -0.2) is 43.6 Å². The topological polar surface area (TPSA) is 67.9 Å². The number of nitrogens with one attached hydrogen (secondary N) is 1. The molecule has 0 unspecified atom stereocenters. The number of anilines is 1. The molecule has 0 aromatic heterocycles. The second kappa shape index (κ2) is 9.86. The van der Waals surface area contributed by atoms with Crippen LogP contribution in [-0.2, 0) is 20.5 Å². The third-order valence-electron chi connectivity index (χ3n) is 4.88. The number of carbonyl (C=O) groups is 2. The Bertz CT molecular complexity index is 1030. The first kappa shape index (κ1) is 23.3. The standard InChI is InChI=1S/C23H23F3N2O4/c1-3-32-13-7-12-28-21(29)19(17-10-4-5-11-18(17)31-2)20(22(28)30)27-16-9-6-8-15(14-16)23(24,25)26/h4-6,8-11,14,27H,3,7,12-13H2,1-2H3. The molecule has 0 atom stereocenters. The van der Waals surface area contributed by atoms with Crippen molar-refractivity contribution >= 4 is 23.1 Å². The van der Waals surface area contributed by atoms with Gasteiger partial charge in [-0.2, -0.15) is 13.2 Å². The highest BCUT2D eigenvalue weighted by molar-refractivity contribution is 6.37. The lowest BCUT2D eigenvalue weighted by molar-refractivity contribution is -0.138. The van der Waals surface area contributed by atoms with Crippen molar-refractivity contribution < 1.29 is 32.2 Å². The van der Waals surface area contributed by atoms with E-state index in [1.165, 1.54) is 19.2 Å². The average molecular weight is 448 g/mol. The maximum atomic E-state index is 13.2. The van der Waals surface area contributed by atoms with Gasteiger partial charge in [0.15, 0.2) is 0 Å². The molecule has 2 aromatic rings. The molecule has 170 valence electrons. The van der Waals surface area contributed by atoms with E-state index in [9.17, 15) is 22.8 Å². The zero-order valence-electron chi connectivity index (χ0n) is 17.7. The first-order valence-corrected chi connectivity index (χ1v) is 10.0. The van der Waals surface area contributed by atoms with E-state index in [4.69, 9.17) is 9.47 Å². The number of carbonyl (C=O) groups excluding carboxylic acids is 2. The minimum Gasteiger partial charge on any atom is -0.496 e. The van der Waals surface area contributed by atoms with Crippen LogP contribution in [0.2, 0.25) is 0 Å². The number of methoxy groups -OCH3 is 1. The predicted octanol–water partition coefficient (Wildman–Crippen LogP) is 4.33. The molecular formula is C23H23F3N2O4. The maximum Gasteiger partial charge on any atom is 0.416 e. The molecule has 1 heterocycles. The molecule has 2 aromatic carbocycles. The van der Waals surface area contributed by atoms with Crippen LogP contribution in [0, 0.1) is 0 Å². The number of hydrogen-bond acceptors (Lipinski definition) is 5. The molecule has 2 amide bonds. The number of nitrogens with zero attached hydrogens (tertiary/aromatic N) is 1. The molecule has 1 aliphatic rings. The van der Waals surface area contributed by atoms with Crippen molar-refractivity contribution in [1.29, 1.82) is 0 Å². The van der Waals surface area contributed by atoms with E-state index in [0.29, 0.717) is 30.9 Å². The summed E-state index contributed by atoms with van der Waals surface area (Å²) >= 11 is 0. The zero-order chi connectivity index (χ0) is 23.3. The second-order valence-corrected chi connectivity index (χ2v) is 6.97. The monoisotopic (exact) mass is 448 g/mol. The van der Waals surface area contributed by atoms with Gasteiger partial charge in [-0.3, -0.25) is 14.5 Å². The summed E-state index contributed by atoms with van der Waals surface area (Å²) < 4.78 is 50.0. The molecule has 3 rings (SSSR count). The quantitative estimate of drug-likeness (QED) is 0.457. The van der Waals surface area contributed by atoms with Crippen LogP contribution in [0.3, 0.4) is 0 Å². The minimum absolute atomic E-state index is 0.0412. The van der Waals surface area contributed by atoms with Crippen molar-refractivity contribution in [2.45, 2.75) is 19.5 Å². The van der Waals surface area contributed by atoms with Crippen molar-refractivity contribution in [3.8, 4) is 5.75 Å². The fourth-order valence-corrected chi connectivity index (χ4v) is 3.38. The van der Waals surface area contributed by atoms with Gasteiger partial charge in [-0.1, -0.05) is 24.3 Å². The summed E-state index contributed by atoms with van der Waals surface area (Å²) in [5.74, 6) is -0.807. The number of alkyl halides is 3. The molecule has 1 N–H and O–H groups in total. The van der Waals surface area contributed by atoms with E-state index in [-0.39, 0.29) is 23.5 Å². The van der Waals surface area contributed by atoms with Gasteiger partial charge in [0, 0.05) is 31.0 Å². The molecule has 0 spiro atoms. The molecule has 0 bridgehead atoms. The predicted molar refractivity (Wildman–Crippen MR) is 113 cm³/mol. The Morgan fingerprint density at radius 1 is 1.03 bits per heavy atom. The van der Waals surface area contributed by atoms with Crippen LogP contribution >= 0.6 is 0 Å². The Morgan fingerprint density at radius 2 is 1.78 bits per heavy atom. The minimum atomic E-state index is -4.54. The number of rotatable bonds is 9. The van der Waals surface area contributed by atoms with Gasteiger partial charge in [0.05, 0.1) is 18.2 Å². The van der Waals surface area contributed by atoms with Crippen LogP contribution in [0.4, 0.5) is 18.9 Å². The molecule has 1 aliphatic heterocycles. The largest absolute Gasteiger partial charge is 0.496 e. The summed E-state index contributed by atoms with van der Waals surface area (Å²) in [6.45, 7) is 2.83. The maximum absolute atomic E-state index is 13.2. The van der Waals surface area contributed by atoms with Crippen molar-refractivity contribution in [2.24, 2.45) is 0 Å². The first-order chi connectivity index (χ1) is 15.3. The highest BCUT2D eigenvalue weighted by Crippen LogP contribution is 2.36. The van der Waals surface area contributed by atoms with Gasteiger partial charge in [0.1, 0.15) is 11.4 Å². The van der Waals surface area contributed by atoms with Crippen molar-refractivity contribution in [2.75, 3.05) is 32.2 Å². The Hall–Kier alpha value is -3.33. The lowest BCUT2D eigenvalue weighted by atomic mass is 10.0. The van der Waals surface area contributed by atoms with Crippen molar-refractivity contribution in [3.05, 3.63) is 65.4 Å². The molecule has 6 nitrogen and oxygen atoms in total. The highest BCUT2D eigenvalue weighted by atomic mass is 19.4. The normalized spacial score (nSPS) is 14.3. The molecule has 0 fully saturated rings. The SMILES string of the molecule is CCOCCCN1C(=O)C(Nc2cccc(C(F)(F)F)c2)=C(c2ccccc2OC)C1=O. The summed E-state index contributed by atoms with van der Waals surface area (Å²) in [6, 6.07) is 11.1. The van der Waals surface area contributed by atoms with E-state index < -0.39 is 23.6 Å². The number of ether oxygens (including phenoxy) is 2. The number of imide groups is 1. The third kappa shape index (κ3) is 4.94. The summed E-state index contributed by atoms with van der Waals surface area (Å²) in [6.07, 6.45) is -4.11. The molecule has 0 aliphatic carbocycles. The van der Waals surface area contributed by atoms with E-state index in [1.54, 1.807) is 24.3 Å². The van der Waals surface area contributed by atoms with Crippen LogP contribution < -0.4 is 10.1 Å². The molecule has 0 radical (unpaired) electrons. The molecule has 0 saturated heterocycles. The molecule has 32 heavy (non-hydrogen) atoms. The Kier molecular flexibility index (Phi) is 7.19. The summed E-state index contributed by atoms with van der Waals surface area (Å²) in [5.41, 5.74) is -0.515. The highest BCUT2D eigenvalue weighted by Gasteiger charge is 2.40. The molecular weight excluding hydrogens is 425 g/mol. The number of benzene rings is 2. The van der Waals surface area contributed by atoms with Crippen LogP contribution in [0.1, 0.15) is 24.5 Å². The smallest absolute Gasteiger partial charge is 0.416 e. The molecule has 0 saturated carbocycles. The van der Waals surface area contributed by atoms with Crippen molar-refractivity contribution in [1.82, 2.24) is 4.90 Å². The van der Waals surface area contributed by atoms with E-state index in [2.05, 4.69) is 5.32 Å². The Labute approximate surface area is 183 Å². The van der Waals surface area contributed by atoms with Gasteiger partial charge < -0.3 is 14.8 Å². The van der Waals surface area contributed by atoms with E-state index >= 15 is 0 Å². The van der Waals surface area contributed by atoms with Gasteiger partial charge in [0.25, 0.3) is 11.8 Å². The number of hydrogen-bond donors (Lipinski definition) is 1. The van der Waals surface area contributed by atoms with Gasteiger partial charge in [-0.15, -0.1) is 0 Å². The van der Waals surface area contributed by atoms with Gasteiger partial charge in [-0.05, 0) is 37.6 Å². The first-order valence-electron chi connectivity index (χ1n) is 10.0.